The molecule has 2 amide bonds. The molecule has 2 aliphatic heterocycles. The van der Waals surface area contributed by atoms with Gasteiger partial charge in [0.15, 0.2) is 0 Å². The van der Waals surface area contributed by atoms with Crippen LogP contribution in [-0.4, -0.2) is 51.3 Å². The second-order valence-corrected chi connectivity index (χ2v) is 15.6. The summed E-state index contributed by atoms with van der Waals surface area (Å²) in [6.07, 6.45) is 4.99. The summed E-state index contributed by atoms with van der Waals surface area (Å²) in [5.41, 5.74) is 7.51. The van der Waals surface area contributed by atoms with Crippen molar-refractivity contribution in [3.63, 3.8) is 0 Å². The van der Waals surface area contributed by atoms with Crippen molar-refractivity contribution in [1.82, 2.24) is 0 Å². The van der Waals surface area contributed by atoms with Crippen LogP contribution in [0.25, 0.3) is 0 Å². The van der Waals surface area contributed by atoms with E-state index in [0.29, 0.717) is 12.8 Å². The van der Waals surface area contributed by atoms with Gasteiger partial charge in [0.25, 0.3) is 0 Å². The average molecular weight is 689 g/mol. The summed E-state index contributed by atoms with van der Waals surface area (Å²) in [6.45, 7) is 26.0. The van der Waals surface area contributed by atoms with Gasteiger partial charge < -0.3 is 25.0 Å². The maximum Gasteiger partial charge on any atom is 0.224 e. The number of hydrogen-bond acceptors (Lipinski definition) is 5. The molecule has 2 aliphatic rings. The Morgan fingerprint density at radius 1 is 0.667 bits per heavy atom. The van der Waals surface area contributed by atoms with Crippen LogP contribution in [0, 0.1) is 38.5 Å². The quantitative estimate of drug-likeness (QED) is 0.328. The molecule has 0 aromatic heterocycles. The van der Waals surface area contributed by atoms with E-state index in [-0.39, 0.29) is 22.6 Å². The number of halogens is 1. The van der Waals surface area contributed by atoms with E-state index in [1.54, 1.807) is 0 Å². The van der Waals surface area contributed by atoms with Crippen LogP contribution < -0.4 is 15.5 Å². The Bertz CT molecular complexity index is 1200. The molecule has 2 aromatic carbocycles. The number of anilines is 3. The number of carbonyl (C=O) groups is 2. The summed E-state index contributed by atoms with van der Waals surface area (Å²) >= 11 is 3.45. The zero-order valence-electron chi connectivity index (χ0n) is 29.5. The zero-order chi connectivity index (χ0) is 33.8. The second kappa shape index (κ2) is 18.1. The van der Waals surface area contributed by atoms with Gasteiger partial charge in [-0.3, -0.25) is 9.59 Å². The van der Waals surface area contributed by atoms with Gasteiger partial charge in [-0.1, -0.05) is 57.5 Å². The third kappa shape index (κ3) is 15.1. The molecule has 2 aromatic rings. The molecule has 0 unspecified atom stereocenters. The molecule has 2 saturated heterocycles. The Kier molecular flexibility index (Phi) is 15.6. The van der Waals surface area contributed by atoms with Gasteiger partial charge >= 0.3 is 0 Å². The molecule has 2 heterocycles. The maximum atomic E-state index is 12.2. The predicted molar refractivity (Wildman–Crippen MR) is 193 cm³/mol. The standard InChI is InChI=1S/C18H28N2O2.C14H20BrNO.C5H10O/c1-13-10-15(20-6-8-22-9-7-20)11-14(2)17(13)19-16(21)12-18(3,4)5;1-9-6-11(15)7-10(2)13(9)16-12(17)8-14(3,4)5;1-2-4-6-5-3-1/h10-11H,6-9,12H2,1-5H3,(H,19,21);6-7H,8H2,1-5H3,(H,16,17);1-5H2. The molecule has 8 heteroatoms. The molecule has 0 aliphatic carbocycles. The van der Waals surface area contributed by atoms with E-state index in [9.17, 15) is 9.59 Å². The minimum absolute atomic E-state index is 0.000363. The monoisotopic (exact) mass is 687 g/mol. The van der Waals surface area contributed by atoms with Gasteiger partial charge in [0.2, 0.25) is 11.8 Å². The lowest BCUT2D eigenvalue weighted by atomic mass is 9.92. The molecule has 7 nitrogen and oxygen atoms in total. The SMILES string of the molecule is C1CCOCC1.Cc1cc(Br)cc(C)c1NC(=O)CC(C)(C)C.Cc1cc(N2CCOCC2)cc(C)c1NC(=O)CC(C)(C)C. The van der Waals surface area contributed by atoms with E-state index in [1.165, 1.54) is 24.9 Å². The lowest BCUT2D eigenvalue weighted by molar-refractivity contribution is -0.118. The van der Waals surface area contributed by atoms with Gasteiger partial charge in [-0.2, -0.15) is 0 Å². The largest absolute Gasteiger partial charge is 0.381 e. The van der Waals surface area contributed by atoms with Crippen LogP contribution in [0.4, 0.5) is 17.1 Å². The van der Waals surface area contributed by atoms with Crippen LogP contribution in [-0.2, 0) is 19.1 Å². The highest BCUT2D eigenvalue weighted by atomic mass is 79.9. The molecule has 2 fully saturated rings. The fourth-order valence-electron chi connectivity index (χ4n) is 5.27. The van der Waals surface area contributed by atoms with E-state index < -0.39 is 0 Å². The number of hydrogen-bond donors (Lipinski definition) is 2. The first-order chi connectivity index (χ1) is 20.9. The Labute approximate surface area is 281 Å². The summed E-state index contributed by atoms with van der Waals surface area (Å²) < 4.78 is 11.5. The van der Waals surface area contributed by atoms with Crippen LogP contribution in [0.3, 0.4) is 0 Å². The van der Waals surface area contributed by atoms with Crippen molar-refractivity contribution in [2.75, 3.05) is 55.1 Å². The van der Waals surface area contributed by atoms with Gasteiger partial charge in [-0.25, -0.2) is 0 Å². The van der Waals surface area contributed by atoms with Crippen LogP contribution in [0.15, 0.2) is 28.7 Å². The number of nitrogens with zero attached hydrogens (tertiary/aromatic N) is 1. The van der Waals surface area contributed by atoms with E-state index in [4.69, 9.17) is 9.47 Å². The average Bonchev–Trinajstić information content (AvgIpc) is 2.93. The Morgan fingerprint density at radius 2 is 1.04 bits per heavy atom. The van der Waals surface area contributed by atoms with Crippen molar-refractivity contribution in [2.24, 2.45) is 10.8 Å². The third-order valence-electron chi connectivity index (χ3n) is 7.38. The number of nitrogens with one attached hydrogen (secondary N) is 2. The highest BCUT2D eigenvalue weighted by Crippen LogP contribution is 2.29. The van der Waals surface area contributed by atoms with Crippen molar-refractivity contribution in [2.45, 2.75) is 101 Å². The molecule has 0 atom stereocenters. The number of benzene rings is 2. The third-order valence-corrected chi connectivity index (χ3v) is 7.84. The first kappa shape index (κ1) is 38.8. The first-order valence-electron chi connectivity index (χ1n) is 16.3. The number of morpholine rings is 1. The highest BCUT2D eigenvalue weighted by molar-refractivity contribution is 9.10. The molecule has 2 N–H and O–H groups in total. The van der Waals surface area contributed by atoms with E-state index >= 15 is 0 Å². The number of aryl methyl sites for hydroxylation is 4. The summed E-state index contributed by atoms with van der Waals surface area (Å²) in [5.74, 6) is 0.156. The van der Waals surface area contributed by atoms with E-state index in [2.05, 4.69) is 99.0 Å². The normalized spacial score (nSPS) is 15.2. The number of ether oxygens (including phenoxy) is 2. The zero-order valence-corrected chi connectivity index (χ0v) is 31.1. The van der Waals surface area contributed by atoms with Gasteiger partial charge in [-0.05, 0) is 104 Å². The lowest BCUT2D eigenvalue weighted by Crippen LogP contribution is -2.36. The number of carbonyl (C=O) groups excluding carboxylic acids is 2. The van der Waals surface area contributed by atoms with E-state index in [1.807, 2.05) is 26.0 Å². The highest BCUT2D eigenvalue weighted by Gasteiger charge is 2.19. The Balaban J connectivity index is 0.000000270. The maximum absolute atomic E-state index is 12.2. The van der Waals surface area contributed by atoms with Gasteiger partial charge in [0.1, 0.15) is 0 Å². The van der Waals surface area contributed by atoms with Gasteiger partial charge in [0, 0.05) is 60.7 Å². The fraction of sp³-hybridized carbons (Fsp3) is 0.622. The van der Waals surface area contributed by atoms with Crippen LogP contribution in [0.1, 0.15) is 95.9 Å². The molecule has 252 valence electrons. The summed E-state index contributed by atoms with van der Waals surface area (Å²) in [4.78, 5) is 26.4. The van der Waals surface area contributed by atoms with Crippen molar-refractivity contribution >= 4 is 44.8 Å². The number of amides is 2. The first-order valence-corrected chi connectivity index (χ1v) is 17.1. The van der Waals surface area contributed by atoms with Crippen LogP contribution in [0.2, 0.25) is 0 Å². The lowest BCUT2D eigenvalue weighted by Gasteiger charge is -2.30. The molecule has 0 bridgehead atoms. The minimum atomic E-state index is -0.000363. The summed E-state index contributed by atoms with van der Waals surface area (Å²) in [6, 6.07) is 8.34. The summed E-state index contributed by atoms with van der Waals surface area (Å²) in [7, 11) is 0. The van der Waals surface area contributed by atoms with E-state index in [0.717, 1.165) is 77.6 Å². The molecule has 4 rings (SSSR count). The van der Waals surface area contributed by atoms with Crippen molar-refractivity contribution in [1.29, 1.82) is 0 Å². The predicted octanol–water partition coefficient (Wildman–Crippen LogP) is 9.14. The molecule has 0 spiro atoms. The Morgan fingerprint density at radius 3 is 1.38 bits per heavy atom. The smallest absolute Gasteiger partial charge is 0.224 e. The van der Waals surface area contributed by atoms with Gasteiger partial charge in [-0.15, -0.1) is 0 Å². The topological polar surface area (TPSA) is 79.9 Å². The Hall–Kier alpha value is -2.42. The van der Waals surface area contributed by atoms with Crippen molar-refractivity contribution in [3.8, 4) is 0 Å². The summed E-state index contributed by atoms with van der Waals surface area (Å²) in [5, 5.41) is 6.09. The van der Waals surface area contributed by atoms with Crippen LogP contribution >= 0.6 is 15.9 Å². The molecule has 45 heavy (non-hydrogen) atoms. The van der Waals surface area contributed by atoms with Crippen LogP contribution in [0.5, 0.6) is 0 Å². The number of rotatable bonds is 5. The van der Waals surface area contributed by atoms with Gasteiger partial charge in [0.05, 0.1) is 13.2 Å². The molecule has 0 radical (unpaired) electrons. The van der Waals surface area contributed by atoms with Crippen molar-refractivity contribution < 1.29 is 19.1 Å². The molecular formula is C37H58BrN3O4. The van der Waals surface area contributed by atoms with Crippen molar-refractivity contribution in [3.05, 3.63) is 51.0 Å². The molecular weight excluding hydrogens is 630 g/mol. The minimum Gasteiger partial charge on any atom is -0.381 e. The second-order valence-electron chi connectivity index (χ2n) is 14.7. The molecule has 0 saturated carbocycles. The fourth-order valence-corrected chi connectivity index (χ4v) is 5.95.